The summed E-state index contributed by atoms with van der Waals surface area (Å²) in [7, 11) is -3.60. The van der Waals surface area contributed by atoms with Gasteiger partial charge >= 0.3 is 0 Å². The van der Waals surface area contributed by atoms with Crippen LogP contribution in [0.3, 0.4) is 0 Å². The van der Waals surface area contributed by atoms with Gasteiger partial charge in [0.05, 0.1) is 30.3 Å². The molecule has 0 atom stereocenters. The molecule has 1 aliphatic heterocycles. The standard InChI is InChI=1S/C20H23N5O5S/c1-2-24-9-3-4-17(24)19-22-18(30-23-19)14-21-20(26)15-5-7-16(8-6-15)31(27,28)25-10-12-29-13-11-25/h3-9H,2,10-14H2,1H3,(H,21,26). The Labute approximate surface area is 179 Å². The van der Waals surface area contributed by atoms with Crippen LogP contribution in [0.4, 0.5) is 0 Å². The number of hydrogen-bond donors (Lipinski definition) is 1. The van der Waals surface area contributed by atoms with Crippen molar-refractivity contribution in [2.45, 2.75) is 24.9 Å². The molecule has 1 saturated heterocycles. The molecule has 164 valence electrons. The molecule has 0 spiro atoms. The quantitative estimate of drug-likeness (QED) is 0.585. The number of benzene rings is 1. The van der Waals surface area contributed by atoms with Crippen LogP contribution in [-0.2, 0) is 27.8 Å². The normalized spacial score (nSPS) is 15.1. The van der Waals surface area contributed by atoms with Gasteiger partial charge in [-0.15, -0.1) is 0 Å². The van der Waals surface area contributed by atoms with Gasteiger partial charge in [0, 0.05) is 31.4 Å². The Kier molecular flexibility index (Phi) is 6.16. The Morgan fingerprint density at radius 2 is 1.90 bits per heavy atom. The molecule has 11 heteroatoms. The second-order valence-corrected chi connectivity index (χ2v) is 8.85. The molecule has 4 rings (SSSR count). The van der Waals surface area contributed by atoms with E-state index in [1.165, 1.54) is 28.6 Å². The summed E-state index contributed by atoms with van der Waals surface area (Å²) < 4.78 is 39.1. The minimum atomic E-state index is -3.60. The highest BCUT2D eigenvalue weighted by Gasteiger charge is 2.26. The number of sulfonamides is 1. The van der Waals surface area contributed by atoms with E-state index in [4.69, 9.17) is 9.26 Å². The Morgan fingerprint density at radius 3 is 2.61 bits per heavy atom. The molecular weight excluding hydrogens is 422 g/mol. The number of carbonyl (C=O) groups is 1. The highest BCUT2D eigenvalue weighted by molar-refractivity contribution is 7.89. The monoisotopic (exact) mass is 445 g/mol. The van der Waals surface area contributed by atoms with E-state index in [-0.39, 0.29) is 23.2 Å². The minimum Gasteiger partial charge on any atom is -0.379 e. The first kappa shape index (κ1) is 21.2. The molecule has 0 radical (unpaired) electrons. The lowest BCUT2D eigenvalue weighted by atomic mass is 10.2. The summed E-state index contributed by atoms with van der Waals surface area (Å²) in [5, 5.41) is 6.67. The molecule has 1 aromatic carbocycles. The van der Waals surface area contributed by atoms with Gasteiger partial charge in [-0.3, -0.25) is 4.79 Å². The van der Waals surface area contributed by atoms with Crippen LogP contribution in [0.2, 0.25) is 0 Å². The lowest BCUT2D eigenvalue weighted by Crippen LogP contribution is -2.40. The second-order valence-electron chi connectivity index (χ2n) is 6.91. The van der Waals surface area contributed by atoms with Gasteiger partial charge in [-0.1, -0.05) is 5.16 Å². The minimum absolute atomic E-state index is 0.0620. The molecule has 0 saturated carbocycles. The molecule has 31 heavy (non-hydrogen) atoms. The molecule has 1 fully saturated rings. The van der Waals surface area contributed by atoms with Crippen molar-refractivity contribution in [1.29, 1.82) is 0 Å². The topological polar surface area (TPSA) is 120 Å². The largest absolute Gasteiger partial charge is 0.379 e. The van der Waals surface area contributed by atoms with E-state index >= 15 is 0 Å². The summed E-state index contributed by atoms with van der Waals surface area (Å²) in [6.45, 7) is 4.25. The zero-order valence-corrected chi connectivity index (χ0v) is 17.8. The van der Waals surface area contributed by atoms with Crippen LogP contribution in [0, 0.1) is 0 Å². The Bertz CT molecular complexity index is 1150. The fraction of sp³-hybridized carbons (Fsp3) is 0.350. The van der Waals surface area contributed by atoms with Gasteiger partial charge in [0.25, 0.3) is 5.91 Å². The maximum atomic E-state index is 12.7. The second kappa shape index (κ2) is 9.00. The summed E-state index contributed by atoms with van der Waals surface area (Å²) in [5.74, 6) is 0.361. The van der Waals surface area contributed by atoms with E-state index in [2.05, 4.69) is 15.5 Å². The number of aryl methyl sites for hydroxylation is 1. The van der Waals surface area contributed by atoms with Gasteiger partial charge < -0.3 is 19.1 Å². The molecule has 0 bridgehead atoms. The fourth-order valence-corrected chi connectivity index (χ4v) is 4.70. The number of amides is 1. The molecule has 1 amide bonds. The van der Waals surface area contributed by atoms with Crippen LogP contribution >= 0.6 is 0 Å². The molecule has 0 aliphatic carbocycles. The third kappa shape index (κ3) is 4.53. The maximum absolute atomic E-state index is 12.7. The highest BCUT2D eigenvalue weighted by Crippen LogP contribution is 2.18. The van der Waals surface area contributed by atoms with Gasteiger partial charge in [0.2, 0.25) is 21.7 Å². The van der Waals surface area contributed by atoms with Crippen LogP contribution < -0.4 is 5.32 Å². The predicted octanol–water partition coefficient (Wildman–Crippen LogP) is 1.51. The summed E-state index contributed by atoms with van der Waals surface area (Å²) in [5.41, 5.74) is 1.17. The first-order valence-corrected chi connectivity index (χ1v) is 11.4. The van der Waals surface area contributed by atoms with Crippen LogP contribution in [0.1, 0.15) is 23.2 Å². The van der Waals surface area contributed by atoms with E-state index < -0.39 is 10.0 Å². The lowest BCUT2D eigenvalue weighted by Gasteiger charge is -2.26. The average molecular weight is 446 g/mol. The van der Waals surface area contributed by atoms with Crippen molar-refractivity contribution in [3.05, 3.63) is 54.0 Å². The van der Waals surface area contributed by atoms with Gasteiger partial charge in [0.1, 0.15) is 0 Å². The van der Waals surface area contributed by atoms with Crippen molar-refractivity contribution in [3.63, 3.8) is 0 Å². The fourth-order valence-electron chi connectivity index (χ4n) is 3.30. The van der Waals surface area contributed by atoms with Crippen LogP contribution in [0.5, 0.6) is 0 Å². The summed E-state index contributed by atoms with van der Waals surface area (Å²) in [4.78, 5) is 16.9. The van der Waals surface area contributed by atoms with Gasteiger partial charge in [-0.25, -0.2) is 8.42 Å². The number of hydrogen-bond acceptors (Lipinski definition) is 7. The first-order chi connectivity index (χ1) is 15.0. The Morgan fingerprint density at radius 1 is 1.16 bits per heavy atom. The van der Waals surface area contributed by atoms with E-state index in [1.807, 2.05) is 29.8 Å². The van der Waals surface area contributed by atoms with E-state index in [9.17, 15) is 13.2 Å². The van der Waals surface area contributed by atoms with Crippen molar-refractivity contribution < 1.29 is 22.5 Å². The number of morpholine rings is 1. The van der Waals surface area contributed by atoms with Crippen molar-refractivity contribution in [2.75, 3.05) is 26.3 Å². The van der Waals surface area contributed by atoms with E-state index in [0.29, 0.717) is 37.7 Å². The molecule has 3 aromatic rings. The SMILES string of the molecule is CCn1cccc1-c1noc(CNC(=O)c2ccc(S(=O)(=O)N3CCOCC3)cc2)n1. The third-order valence-electron chi connectivity index (χ3n) is 4.99. The zero-order valence-electron chi connectivity index (χ0n) is 17.0. The number of rotatable bonds is 7. The van der Waals surface area contributed by atoms with Crippen molar-refractivity contribution in [3.8, 4) is 11.5 Å². The van der Waals surface area contributed by atoms with Crippen LogP contribution in [0.25, 0.3) is 11.5 Å². The number of aromatic nitrogens is 3. The van der Waals surface area contributed by atoms with Gasteiger partial charge in [-0.2, -0.15) is 9.29 Å². The first-order valence-electron chi connectivity index (χ1n) is 9.93. The third-order valence-corrected chi connectivity index (χ3v) is 6.90. The number of nitrogens with zero attached hydrogens (tertiary/aromatic N) is 4. The van der Waals surface area contributed by atoms with E-state index in [0.717, 1.165) is 12.2 Å². The molecule has 2 aromatic heterocycles. The van der Waals surface area contributed by atoms with Crippen LogP contribution in [0.15, 0.2) is 52.0 Å². The Hall–Kier alpha value is -3.02. The number of ether oxygens (including phenoxy) is 1. The Balaban J connectivity index is 1.38. The molecular formula is C20H23N5O5S. The summed E-state index contributed by atoms with van der Waals surface area (Å²) in [6.07, 6.45) is 1.93. The summed E-state index contributed by atoms with van der Waals surface area (Å²) >= 11 is 0. The predicted molar refractivity (Wildman–Crippen MR) is 111 cm³/mol. The average Bonchev–Trinajstić information content (AvgIpc) is 3.47. The molecule has 0 unspecified atom stereocenters. The number of nitrogens with one attached hydrogen (secondary N) is 1. The molecule has 1 aliphatic rings. The molecule has 1 N–H and O–H groups in total. The van der Waals surface area contributed by atoms with Crippen molar-refractivity contribution >= 4 is 15.9 Å². The molecule has 10 nitrogen and oxygen atoms in total. The van der Waals surface area contributed by atoms with Crippen molar-refractivity contribution in [1.82, 2.24) is 24.3 Å². The van der Waals surface area contributed by atoms with Crippen molar-refractivity contribution in [2.24, 2.45) is 0 Å². The maximum Gasteiger partial charge on any atom is 0.251 e. The molecule has 3 heterocycles. The van der Waals surface area contributed by atoms with Crippen LogP contribution in [-0.4, -0.2) is 59.6 Å². The lowest BCUT2D eigenvalue weighted by molar-refractivity contribution is 0.0730. The highest BCUT2D eigenvalue weighted by atomic mass is 32.2. The smallest absolute Gasteiger partial charge is 0.251 e. The van der Waals surface area contributed by atoms with E-state index in [1.54, 1.807) is 0 Å². The zero-order chi connectivity index (χ0) is 21.8. The van der Waals surface area contributed by atoms with Gasteiger partial charge in [-0.05, 0) is 43.3 Å². The summed E-state index contributed by atoms with van der Waals surface area (Å²) in [6, 6.07) is 9.63. The number of carbonyl (C=O) groups excluding carboxylic acids is 1. The van der Waals surface area contributed by atoms with Gasteiger partial charge in [0.15, 0.2) is 0 Å².